The highest BCUT2D eigenvalue weighted by Crippen LogP contribution is 2.36. The molecule has 0 aromatic heterocycles. The number of carbonyl (C=O) groups excluding carboxylic acids is 2. The van der Waals surface area contributed by atoms with Gasteiger partial charge in [0.25, 0.3) is 15.7 Å². The Labute approximate surface area is 303 Å². The van der Waals surface area contributed by atoms with Gasteiger partial charge in [0.15, 0.2) is 0 Å². The Balaban J connectivity index is 1.91. The van der Waals surface area contributed by atoms with Crippen LogP contribution in [0.3, 0.4) is 0 Å². The van der Waals surface area contributed by atoms with Crippen molar-refractivity contribution in [3.05, 3.63) is 123 Å². The van der Waals surface area contributed by atoms with Gasteiger partial charge in [-0.1, -0.05) is 67.1 Å². The molecule has 4 aromatic carbocycles. The Morgan fingerprint density at radius 3 is 2.29 bits per heavy atom. The Morgan fingerprint density at radius 2 is 1.65 bits per heavy atom. The number of rotatable bonds is 16. The molecule has 0 heterocycles. The molecule has 0 saturated carbocycles. The number of amides is 2. The highest BCUT2D eigenvalue weighted by Gasteiger charge is 2.36. The van der Waals surface area contributed by atoms with Crippen LogP contribution < -0.4 is 19.1 Å². The predicted molar refractivity (Wildman–Crippen MR) is 196 cm³/mol. The molecular weight excluding hydrogens is 696 g/mol. The summed E-state index contributed by atoms with van der Waals surface area (Å²) in [5.74, 6) is -0.553. The molecule has 12 nitrogen and oxygen atoms in total. The first-order chi connectivity index (χ1) is 24.3. The van der Waals surface area contributed by atoms with E-state index in [-0.39, 0.29) is 41.0 Å². The van der Waals surface area contributed by atoms with Crippen LogP contribution in [0.15, 0.2) is 95.9 Å². The number of hydrogen-bond donors (Lipinski definition) is 1. The molecule has 0 bridgehead atoms. The van der Waals surface area contributed by atoms with Crippen molar-refractivity contribution in [2.24, 2.45) is 0 Å². The third-order valence-corrected chi connectivity index (χ3v) is 10.4. The average molecular weight is 737 g/mol. The zero-order chi connectivity index (χ0) is 37.3. The minimum Gasteiger partial charge on any atom is -0.497 e. The quantitative estimate of drug-likeness (QED) is 0.104. The first-order valence-corrected chi connectivity index (χ1v) is 18.0. The van der Waals surface area contributed by atoms with Gasteiger partial charge in [0.2, 0.25) is 11.8 Å². The lowest BCUT2D eigenvalue weighted by atomic mass is 10.0. The van der Waals surface area contributed by atoms with Crippen LogP contribution in [-0.2, 0) is 32.6 Å². The Bertz CT molecular complexity index is 1980. The maximum atomic E-state index is 14.8. The van der Waals surface area contributed by atoms with Crippen LogP contribution in [0.4, 0.5) is 11.4 Å². The number of nitro groups is 1. The molecule has 0 aliphatic heterocycles. The second-order valence-electron chi connectivity index (χ2n) is 11.9. The number of sulfonamides is 1. The van der Waals surface area contributed by atoms with Crippen molar-refractivity contribution >= 4 is 44.8 Å². The smallest absolute Gasteiger partial charge is 0.273 e. The zero-order valence-corrected chi connectivity index (χ0v) is 30.6. The Hall–Kier alpha value is -5.14. The molecule has 2 atom stereocenters. The third kappa shape index (κ3) is 9.56. The molecule has 0 saturated heterocycles. The number of benzene rings is 4. The van der Waals surface area contributed by atoms with Crippen LogP contribution in [0, 0.1) is 17.0 Å². The van der Waals surface area contributed by atoms with Gasteiger partial charge < -0.3 is 19.7 Å². The zero-order valence-electron chi connectivity index (χ0n) is 29.0. The van der Waals surface area contributed by atoms with E-state index in [0.717, 1.165) is 15.9 Å². The summed E-state index contributed by atoms with van der Waals surface area (Å²) in [5, 5.41) is 15.0. The number of carbonyl (C=O) groups is 2. The Morgan fingerprint density at radius 1 is 0.941 bits per heavy atom. The van der Waals surface area contributed by atoms with E-state index in [1.165, 1.54) is 56.4 Å². The first-order valence-electron chi connectivity index (χ1n) is 16.2. The number of nitrogens with one attached hydrogen (secondary N) is 1. The van der Waals surface area contributed by atoms with Crippen LogP contribution in [-0.4, -0.2) is 62.9 Å². The summed E-state index contributed by atoms with van der Waals surface area (Å²) in [6.07, 6.45) is 0.757. The lowest BCUT2D eigenvalue weighted by Crippen LogP contribution is -2.54. The topological polar surface area (TPSA) is 148 Å². The predicted octanol–water partition coefficient (Wildman–Crippen LogP) is 6.32. The Kier molecular flexibility index (Phi) is 13.0. The summed E-state index contributed by atoms with van der Waals surface area (Å²) >= 11 is 6.35. The van der Waals surface area contributed by atoms with Gasteiger partial charge in [-0.15, -0.1) is 0 Å². The van der Waals surface area contributed by atoms with E-state index in [9.17, 15) is 28.1 Å². The number of nitro benzene ring substituents is 1. The van der Waals surface area contributed by atoms with Crippen LogP contribution in [0.1, 0.15) is 37.0 Å². The minimum atomic E-state index is -4.69. The largest absolute Gasteiger partial charge is 0.497 e. The monoisotopic (exact) mass is 736 g/mol. The molecule has 2 unspecified atom stereocenters. The van der Waals surface area contributed by atoms with Crippen LogP contribution in [0.2, 0.25) is 5.02 Å². The third-order valence-electron chi connectivity index (χ3n) is 8.41. The molecule has 4 aromatic rings. The first kappa shape index (κ1) is 38.7. The fourth-order valence-electron chi connectivity index (χ4n) is 5.41. The van der Waals surface area contributed by atoms with Gasteiger partial charge in [-0.05, 0) is 67.8 Å². The number of aryl methyl sites for hydroxylation is 1. The second kappa shape index (κ2) is 17.2. The van der Waals surface area contributed by atoms with Gasteiger partial charge >= 0.3 is 0 Å². The van der Waals surface area contributed by atoms with Gasteiger partial charge in [0.1, 0.15) is 24.1 Å². The van der Waals surface area contributed by atoms with Gasteiger partial charge in [-0.25, -0.2) is 8.42 Å². The van der Waals surface area contributed by atoms with Gasteiger partial charge in [-0.2, -0.15) is 0 Å². The molecule has 4 rings (SSSR count). The maximum Gasteiger partial charge on any atom is 0.273 e. The molecule has 0 spiro atoms. The number of ether oxygens (including phenoxy) is 2. The normalized spacial score (nSPS) is 12.4. The number of anilines is 1. The molecule has 0 aliphatic carbocycles. The van der Waals surface area contributed by atoms with E-state index in [1.807, 2.05) is 44.2 Å². The summed E-state index contributed by atoms with van der Waals surface area (Å²) in [4.78, 5) is 40.9. The number of halogens is 1. The summed E-state index contributed by atoms with van der Waals surface area (Å²) in [6, 6.07) is 22.7. The SMILES string of the molecule is CCC(C)NC(=O)C(Cc1ccccc1)N(Cc1cccc(OC)c1)C(=O)CN(c1cc(Cl)ccc1OC)S(=O)(=O)c1ccc(C)c([N+](=O)[O-])c1. The minimum absolute atomic E-state index is 0.0760. The van der Waals surface area contributed by atoms with Crippen molar-refractivity contribution in [1.82, 2.24) is 10.2 Å². The van der Waals surface area contributed by atoms with Gasteiger partial charge in [0.05, 0.1) is 29.7 Å². The standard InChI is InChI=1S/C37H41ClN4O8S/c1-6-26(3)39-37(44)34(20-27-11-8-7-9-12-27)40(23-28-13-10-14-30(19-28)49-4)36(43)24-41(33-21-29(38)16-18-35(33)50-5)51(47,48)31-17-15-25(2)32(22-31)42(45)46/h7-19,21-22,26,34H,6,20,23-24H2,1-5H3,(H,39,44). The highest BCUT2D eigenvalue weighted by molar-refractivity contribution is 7.92. The molecule has 1 N–H and O–H groups in total. The van der Waals surface area contributed by atoms with Crippen molar-refractivity contribution in [1.29, 1.82) is 0 Å². The summed E-state index contributed by atoms with van der Waals surface area (Å²) in [5.41, 5.74) is 1.16. The van der Waals surface area contributed by atoms with Crippen molar-refractivity contribution in [2.45, 2.75) is 57.1 Å². The molecular formula is C37H41ClN4O8S. The maximum absolute atomic E-state index is 14.8. The highest BCUT2D eigenvalue weighted by atomic mass is 35.5. The molecule has 0 aliphatic rings. The molecule has 0 radical (unpaired) electrons. The van der Waals surface area contributed by atoms with E-state index in [4.69, 9.17) is 21.1 Å². The van der Waals surface area contributed by atoms with Crippen LogP contribution in [0.25, 0.3) is 0 Å². The number of nitrogens with zero attached hydrogens (tertiary/aromatic N) is 3. The van der Waals surface area contributed by atoms with E-state index >= 15 is 0 Å². The molecule has 14 heteroatoms. The number of methoxy groups -OCH3 is 2. The van der Waals surface area contributed by atoms with Gasteiger partial charge in [0, 0.05) is 35.7 Å². The second-order valence-corrected chi connectivity index (χ2v) is 14.2. The van der Waals surface area contributed by atoms with Crippen molar-refractivity contribution in [3.63, 3.8) is 0 Å². The molecule has 51 heavy (non-hydrogen) atoms. The van der Waals surface area contributed by atoms with Crippen molar-refractivity contribution in [2.75, 3.05) is 25.1 Å². The van der Waals surface area contributed by atoms with E-state index in [0.29, 0.717) is 17.7 Å². The fourth-order valence-corrected chi connectivity index (χ4v) is 7.01. The van der Waals surface area contributed by atoms with Crippen molar-refractivity contribution in [3.8, 4) is 11.5 Å². The van der Waals surface area contributed by atoms with Gasteiger partial charge in [-0.3, -0.25) is 24.0 Å². The molecule has 0 fully saturated rings. The molecule has 2 amide bonds. The average Bonchev–Trinajstić information content (AvgIpc) is 3.12. The van der Waals surface area contributed by atoms with Crippen molar-refractivity contribution < 1.29 is 32.4 Å². The van der Waals surface area contributed by atoms with Crippen LogP contribution in [0.5, 0.6) is 11.5 Å². The summed E-state index contributed by atoms with van der Waals surface area (Å²) < 4.78 is 40.7. The lowest BCUT2D eigenvalue weighted by Gasteiger charge is -2.34. The molecule has 270 valence electrons. The number of hydrogen-bond acceptors (Lipinski definition) is 8. The van der Waals surface area contributed by atoms with Crippen LogP contribution >= 0.6 is 11.6 Å². The van der Waals surface area contributed by atoms with E-state index in [1.54, 1.807) is 24.3 Å². The summed E-state index contributed by atoms with van der Waals surface area (Å²) in [7, 11) is -1.85. The van der Waals surface area contributed by atoms with E-state index < -0.39 is 49.9 Å². The van der Waals surface area contributed by atoms with E-state index in [2.05, 4.69) is 5.32 Å². The lowest BCUT2D eigenvalue weighted by molar-refractivity contribution is -0.385. The summed E-state index contributed by atoms with van der Waals surface area (Å²) in [6.45, 7) is 4.37. The fraction of sp³-hybridized carbons (Fsp3) is 0.297.